The third-order valence-corrected chi connectivity index (χ3v) is 4.56. The largest absolute Gasteiger partial charge is 0.318 e. The Morgan fingerprint density at radius 2 is 2.26 bits per heavy atom. The Hall–Kier alpha value is -1.32. The van der Waals surface area contributed by atoms with Crippen LogP contribution in [0, 0.1) is 0 Å². The first kappa shape index (κ1) is 14.1. The summed E-state index contributed by atoms with van der Waals surface area (Å²) >= 11 is 0. The van der Waals surface area contributed by atoms with E-state index in [0.29, 0.717) is 13.1 Å². The average Bonchev–Trinajstić information content (AvgIpc) is 2.40. The molecule has 8 nitrogen and oxygen atoms in total. The Labute approximate surface area is 112 Å². The molecule has 1 aromatic heterocycles. The minimum Gasteiger partial charge on any atom is -0.318 e. The SMILES string of the molecule is CNCC1CCCCN1S(=O)(=O)Nc1nccnn1. The summed E-state index contributed by atoms with van der Waals surface area (Å²) < 4.78 is 28.5. The molecule has 2 rings (SSSR count). The van der Waals surface area contributed by atoms with Gasteiger partial charge in [0.05, 0.1) is 12.4 Å². The van der Waals surface area contributed by atoms with Gasteiger partial charge >= 0.3 is 10.2 Å². The summed E-state index contributed by atoms with van der Waals surface area (Å²) in [6, 6.07) is -0.0343. The van der Waals surface area contributed by atoms with E-state index in [1.54, 1.807) is 0 Å². The Kier molecular flexibility index (Phi) is 4.61. The maximum Gasteiger partial charge on any atom is 0.304 e. The molecule has 1 saturated heterocycles. The molecule has 0 bridgehead atoms. The smallest absolute Gasteiger partial charge is 0.304 e. The summed E-state index contributed by atoms with van der Waals surface area (Å²) in [5, 5.41) is 10.3. The first-order valence-corrected chi connectivity index (χ1v) is 7.65. The van der Waals surface area contributed by atoms with Gasteiger partial charge in [-0.25, -0.2) is 9.71 Å². The molecular weight excluding hydrogens is 268 g/mol. The monoisotopic (exact) mass is 286 g/mol. The van der Waals surface area contributed by atoms with Crippen LogP contribution in [0.5, 0.6) is 0 Å². The predicted molar refractivity (Wildman–Crippen MR) is 70.6 cm³/mol. The zero-order valence-corrected chi connectivity index (χ0v) is 11.6. The Morgan fingerprint density at radius 1 is 1.42 bits per heavy atom. The van der Waals surface area contributed by atoms with Crippen LogP contribution in [-0.2, 0) is 10.2 Å². The molecule has 1 atom stereocenters. The fourth-order valence-corrected chi connectivity index (χ4v) is 3.58. The van der Waals surface area contributed by atoms with Gasteiger partial charge in [0.15, 0.2) is 0 Å². The molecule has 2 N–H and O–H groups in total. The van der Waals surface area contributed by atoms with Gasteiger partial charge in [-0.1, -0.05) is 6.42 Å². The third-order valence-electron chi connectivity index (χ3n) is 3.02. The number of likely N-dealkylation sites (N-methyl/N-ethyl adjacent to an activating group) is 1. The van der Waals surface area contributed by atoms with E-state index in [1.807, 2.05) is 7.05 Å². The lowest BCUT2D eigenvalue weighted by molar-refractivity contribution is 0.250. The highest BCUT2D eigenvalue weighted by Crippen LogP contribution is 2.20. The zero-order valence-electron chi connectivity index (χ0n) is 10.8. The van der Waals surface area contributed by atoms with Crippen molar-refractivity contribution in [3.8, 4) is 0 Å². The number of nitrogens with zero attached hydrogens (tertiary/aromatic N) is 4. The van der Waals surface area contributed by atoms with Gasteiger partial charge in [-0.05, 0) is 19.9 Å². The zero-order chi connectivity index (χ0) is 13.7. The van der Waals surface area contributed by atoms with Crippen molar-refractivity contribution < 1.29 is 8.42 Å². The van der Waals surface area contributed by atoms with Crippen molar-refractivity contribution in [1.29, 1.82) is 0 Å². The lowest BCUT2D eigenvalue weighted by Crippen LogP contribution is -2.50. The average molecular weight is 286 g/mol. The maximum atomic E-state index is 12.3. The van der Waals surface area contributed by atoms with E-state index in [0.717, 1.165) is 19.3 Å². The molecule has 106 valence electrons. The van der Waals surface area contributed by atoms with Crippen LogP contribution in [0.2, 0.25) is 0 Å². The highest BCUT2D eigenvalue weighted by Gasteiger charge is 2.32. The van der Waals surface area contributed by atoms with Crippen molar-refractivity contribution >= 4 is 16.2 Å². The summed E-state index contributed by atoms with van der Waals surface area (Å²) in [5.41, 5.74) is 0. The number of rotatable bonds is 5. The lowest BCUT2D eigenvalue weighted by Gasteiger charge is -2.34. The number of hydrogen-bond donors (Lipinski definition) is 2. The van der Waals surface area contributed by atoms with Gasteiger partial charge < -0.3 is 5.32 Å². The van der Waals surface area contributed by atoms with Gasteiger partial charge in [-0.3, -0.25) is 0 Å². The van der Waals surface area contributed by atoms with Crippen LogP contribution in [0.1, 0.15) is 19.3 Å². The van der Waals surface area contributed by atoms with E-state index < -0.39 is 10.2 Å². The Bertz CT molecular complexity index is 492. The fourth-order valence-electron chi connectivity index (χ4n) is 2.20. The second-order valence-electron chi connectivity index (χ2n) is 4.39. The number of aromatic nitrogens is 3. The first-order valence-electron chi connectivity index (χ1n) is 6.21. The molecule has 1 aromatic rings. The van der Waals surface area contributed by atoms with Crippen LogP contribution in [0.25, 0.3) is 0 Å². The van der Waals surface area contributed by atoms with E-state index in [4.69, 9.17) is 0 Å². The molecule has 1 unspecified atom stereocenters. The number of piperidine rings is 1. The van der Waals surface area contributed by atoms with Crippen LogP contribution in [0.15, 0.2) is 12.4 Å². The van der Waals surface area contributed by atoms with Gasteiger partial charge in [-0.2, -0.15) is 17.8 Å². The molecule has 0 spiro atoms. The Balaban J connectivity index is 2.13. The van der Waals surface area contributed by atoms with Crippen molar-refractivity contribution in [2.45, 2.75) is 25.3 Å². The first-order chi connectivity index (χ1) is 9.13. The molecule has 2 heterocycles. The normalized spacial score (nSPS) is 21.2. The van der Waals surface area contributed by atoms with E-state index in [2.05, 4.69) is 25.2 Å². The topological polar surface area (TPSA) is 100 Å². The standard InChI is InChI=1S/C10H18N6O2S/c1-11-8-9-4-2-3-7-16(9)19(17,18)15-10-12-5-6-13-14-10/h5-6,9,11H,2-4,7-8H2,1H3,(H,12,14,15). The van der Waals surface area contributed by atoms with Crippen molar-refractivity contribution in [3.05, 3.63) is 12.4 Å². The lowest BCUT2D eigenvalue weighted by atomic mass is 10.1. The number of anilines is 1. The van der Waals surface area contributed by atoms with Gasteiger partial charge in [0.1, 0.15) is 0 Å². The summed E-state index contributed by atoms with van der Waals surface area (Å²) in [6.45, 7) is 1.15. The summed E-state index contributed by atoms with van der Waals surface area (Å²) in [4.78, 5) is 3.82. The van der Waals surface area contributed by atoms with Gasteiger partial charge in [0, 0.05) is 19.1 Å². The third kappa shape index (κ3) is 3.58. The van der Waals surface area contributed by atoms with E-state index >= 15 is 0 Å². The minimum atomic E-state index is -3.63. The molecule has 0 radical (unpaired) electrons. The van der Waals surface area contributed by atoms with Gasteiger partial charge in [0.2, 0.25) is 0 Å². The number of hydrogen-bond acceptors (Lipinski definition) is 6. The van der Waals surface area contributed by atoms with Gasteiger partial charge in [0.25, 0.3) is 5.95 Å². The number of nitrogens with one attached hydrogen (secondary N) is 2. The molecule has 1 fully saturated rings. The van der Waals surface area contributed by atoms with Crippen LogP contribution >= 0.6 is 0 Å². The molecule has 0 saturated carbocycles. The quantitative estimate of drug-likeness (QED) is 0.764. The molecular formula is C10H18N6O2S. The predicted octanol–water partition coefficient (Wildman–Crippen LogP) is -0.398. The molecule has 1 aliphatic rings. The van der Waals surface area contributed by atoms with Crippen molar-refractivity contribution in [1.82, 2.24) is 24.8 Å². The Morgan fingerprint density at radius 3 is 2.95 bits per heavy atom. The van der Waals surface area contributed by atoms with Crippen LogP contribution < -0.4 is 10.0 Å². The second kappa shape index (κ2) is 6.22. The second-order valence-corrected chi connectivity index (χ2v) is 6.01. The highest BCUT2D eigenvalue weighted by atomic mass is 32.2. The molecule has 1 aliphatic heterocycles. The highest BCUT2D eigenvalue weighted by molar-refractivity contribution is 7.90. The van der Waals surface area contributed by atoms with Crippen molar-refractivity contribution in [2.75, 3.05) is 24.9 Å². The maximum absolute atomic E-state index is 12.3. The van der Waals surface area contributed by atoms with Gasteiger partial charge in [-0.15, -0.1) is 5.10 Å². The van der Waals surface area contributed by atoms with E-state index in [1.165, 1.54) is 16.7 Å². The summed E-state index contributed by atoms with van der Waals surface area (Å²) in [6.07, 6.45) is 5.56. The van der Waals surface area contributed by atoms with Crippen LogP contribution in [0.3, 0.4) is 0 Å². The minimum absolute atomic E-state index is 0.00344. The molecule has 19 heavy (non-hydrogen) atoms. The summed E-state index contributed by atoms with van der Waals surface area (Å²) in [7, 11) is -1.81. The van der Waals surface area contributed by atoms with Crippen LogP contribution in [0.4, 0.5) is 5.95 Å². The molecule has 0 aromatic carbocycles. The summed E-state index contributed by atoms with van der Waals surface area (Å²) in [5.74, 6) is -0.00344. The van der Waals surface area contributed by atoms with Crippen molar-refractivity contribution in [3.63, 3.8) is 0 Å². The molecule has 0 amide bonds. The van der Waals surface area contributed by atoms with E-state index in [9.17, 15) is 8.42 Å². The van der Waals surface area contributed by atoms with Crippen molar-refractivity contribution in [2.24, 2.45) is 0 Å². The van der Waals surface area contributed by atoms with Crippen LogP contribution in [-0.4, -0.2) is 54.1 Å². The van der Waals surface area contributed by atoms with E-state index in [-0.39, 0.29) is 12.0 Å². The molecule has 0 aliphatic carbocycles. The fraction of sp³-hybridized carbons (Fsp3) is 0.700. The molecule has 9 heteroatoms.